The monoisotopic (exact) mass is 273 g/mol. The van der Waals surface area contributed by atoms with Crippen LogP contribution in [0.15, 0.2) is 30.3 Å². The number of rotatable bonds is 5. The van der Waals surface area contributed by atoms with Gasteiger partial charge in [-0.15, -0.1) is 0 Å². The minimum atomic E-state index is -0.0326. The molecule has 0 radical (unpaired) electrons. The average Bonchev–Trinajstić information content (AvgIpc) is 2.53. The highest BCUT2D eigenvalue weighted by Gasteiger charge is 2.25. The summed E-state index contributed by atoms with van der Waals surface area (Å²) in [5.74, 6) is 0.477. The van der Waals surface area contributed by atoms with Gasteiger partial charge in [-0.3, -0.25) is 9.59 Å². The Hall–Kier alpha value is -1.64. The Kier molecular flexibility index (Phi) is 5.33. The summed E-state index contributed by atoms with van der Waals surface area (Å²) in [6, 6.07) is 9.10. The van der Waals surface area contributed by atoms with E-state index >= 15 is 0 Å². The van der Waals surface area contributed by atoms with Crippen LogP contribution in [0.4, 0.5) is 0 Å². The molecular weight excluding hydrogens is 250 g/mol. The first-order chi connectivity index (χ1) is 9.68. The van der Waals surface area contributed by atoms with Gasteiger partial charge in [0.1, 0.15) is 0 Å². The summed E-state index contributed by atoms with van der Waals surface area (Å²) in [7, 11) is 0. The van der Waals surface area contributed by atoms with E-state index < -0.39 is 0 Å². The number of nitrogens with one attached hydrogen (secondary N) is 1. The largest absolute Gasteiger partial charge is 0.348 e. The Morgan fingerprint density at radius 3 is 2.45 bits per heavy atom. The number of ketones is 1. The second kappa shape index (κ2) is 7.22. The van der Waals surface area contributed by atoms with Gasteiger partial charge in [0, 0.05) is 11.5 Å². The number of benzene rings is 1. The Balaban J connectivity index is 1.81. The van der Waals surface area contributed by atoms with Crippen molar-refractivity contribution in [2.75, 3.05) is 6.54 Å². The lowest BCUT2D eigenvalue weighted by atomic mass is 9.80. The number of carbonyl (C=O) groups is 2. The van der Waals surface area contributed by atoms with Crippen molar-refractivity contribution in [3.63, 3.8) is 0 Å². The van der Waals surface area contributed by atoms with E-state index in [4.69, 9.17) is 0 Å². The van der Waals surface area contributed by atoms with E-state index in [1.807, 2.05) is 25.1 Å². The average molecular weight is 273 g/mol. The van der Waals surface area contributed by atoms with Crippen molar-refractivity contribution in [3.8, 4) is 0 Å². The summed E-state index contributed by atoms with van der Waals surface area (Å²) < 4.78 is 0. The van der Waals surface area contributed by atoms with Gasteiger partial charge in [-0.05, 0) is 18.8 Å². The molecule has 0 unspecified atom stereocenters. The molecule has 3 heteroatoms. The van der Waals surface area contributed by atoms with Crippen molar-refractivity contribution < 1.29 is 9.59 Å². The molecule has 2 rings (SSSR count). The van der Waals surface area contributed by atoms with Crippen LogP contribution in [0.2, 0.25) is 0 Å². The molecule has 1 fully saturated rings. The maximum absolute atomic E-state index is 12.1. The Bertz CT molecular complexity index is 449. The van der Waals surface area contributed by atoms with Crippen molar-refractivity contribution in [3.05, 3.63) is 35.9 Å². The molecule has 0 bridgehead atoms. The van der Waals surface area contributed by atoms with Crippen molar-refractivity contribution in [1.29, 1.82) is 0 Å². The molecule has 1 saturated carbocycles. The third kappa shape index (κ3) is 3.92. The van der Waals surface area contributed by atoms with Crippen LogP contribution in [0.25, 0.3) is 0 Å². The molecule has 0 heterocycles. The molecule has 0 spiro atoms. The molecule has 1 aromatic rings. The van der Waals surface area contributed by atoms with Gasteiger partial charge in [0.2, 0.25) is 5.91 Å². The minimum absolute atomic E-state index is 0.0128. The number of Topliss-reactive ketones (excluding diaryl/α,β-unsaturated/α-hetero) is 1. The smallest absolute Gasteiger partial charge is 0.223 e. The first-order valence-electron chi connectivity index (χ1n) is 7.54. The van der Waals surface area contributed by atoms with E-state index in [0.717, 1.165) is 12.8 Å². The van der Waals surface area contributed by atoms with E-state index in [9.17, 15) is 9.59 Å². The van der Waals surface area contributed by atoms with Gasteiger partial charge in [0.25, 0.3) is 0 Å². The summed E-state index contributed by atoms with van der Waals surface area (Å²) in [6.45, 7) is 2.08. The zero-order valence-electron chi connectivity index (χ0n) is 12.1. The predicted molar refractivity (Wildman–Crippen MR) is 79.5 cm³/mol. The third-order valence-electron chi connectivity index (χ3n) is 4.29. The van der Waals surface area contributed by atoms with Crippen LogP contribution < -0.4 is 5.32 Å². The second-order valence-electron chi connectivity index (χ2n) is 5.69. The van der Waals surface area contributed by atoms with Crippen molar-refractivity contribution in [2.45, 2.75) is 39.0 Å². The van der Waals surface area contributed by atoms with Crippen LogP contribution in [0.3, 0.4) is 0 Å². The van der Waals surface area contributed by atoms with Gasteiger partial charge in [-0.2, -0.15) is 0 Å². The summed E-state index contributed by atoms with van der Waals surface area (Å²) in [5.41, 5.74) is 0.651. The fourth-order valence-corrected chi connectivity index (χ4v) is 2.90. The molecule has 0 aromatic heterocycles. The van der Waals surface area contributed by atoms with Crippen LogP contribution in [0.5, 0.6) is 0 Å². The topological polar surface area (TPSA) is 46.2 Å². The lowest BCUT2D eigenvalue weighted by molar-refractivity contribution is -0.126. The van der Waals surface area contributed by atoms with Gasteiger partial charge in [0.05, 0.1) is 6.54 Å². The molecule has 108 valence electrons. The van der Waals surface area contributed by atoms with E-state index in [1.165, 1.54) is 19.3 Å². The summed E-state index contributed by atoms with van der Waals surface area (Å²) in [5, 5.41) is 2.79. The maximum Gasteiger partial charge on any atom is 0.223 e. The van der Waals surface area contributed by atoms with E-state index in [2.05, 4.69) is 5.32 Å². The lowest BCUT2D eigenvalue weighted by Crippen LogP contribution is -2.37. The molecule has 1 aromatic carbocycles. The van der Waals surface area contributed by atoms with Crippen LogP contribution >= 0.6 is 0 Å². The molecule has 0 aliphatic heterocycles. The maximum atomic E-state index is 12.1. The minimum Gasteiger partial charge on any atom is -0.348 e. The van der Waals surface area contributed by atoms with Crippen molar-refractivity contribution in [2.24, 2.45) is 11.8 Å². The van der Waals surface area contributed by atoms with Gasteiger partial charge in [-0.25, -0.2) is 0 Å². The molecule has 1 atom stereocenters. The molecule has 1 N–H and O–H groups in total. The van der Waals surface area contributed by atoms with Gasteiger partial charge in [0.15, 0.2) is 5.78 Å². The normalized spacial score (nSPS) is 17.4. The molecule has 1 aliphatic rings. The van der Waals surface area contributed by atoms with Crippen LogP contribution in [0, 0.1) is 11.8 Å². The summed E-state index contributed by atoms with van der Waals surface area (Å²) >= 11 is 0. The summed E-state index contributed by atoms with van der Waals surface area (Å²) in [4.78, 5) is 24.0. The SMILES string of the molecule is C[C@H](C(=O)NCC(=O)c1ccccc1)C1CCCCC1. The number of hydrogen-bond donors (Lipinski definition) is 1. The second-order valence-corrected chi connectivity index (χ2v) is 5.69. The highest BCUT2D eigenvalue weighted by molar-refractivity contribution is 5.99. The number of hydrogen-bond acceptors (Lipinski definition) is 2. The zero-order valence-corrected chi connectivity index (χ0v) is 12.1. The van der Waals surface area contributed by atoms with Crippen LogP contribution in [-0.4, -0.2) is 18.2 Å². The highest BCUT2D eigenvalue weighted by Crippen LogP contribution is 2.29. The quantitative estimate of drug-likeness (QED) is 0.837. The lowest BCUT2D eigenvalue weighted by Gasteiger charge is -2.26. The molecule has 3 nitrogen and oxygen atoms in total. The van der Waals surface area contributed by atoms with Crippen LogP contribution in [-0.2, 0) is 4.79 Å². The Labute approximate surface area is 120 Å². The first kappa shape index (κ1) is 14.8. The Morgan fingerprint density at radius 1 is 1.15 bits per heavy atom. The van der Waals surface area contributed by atoms with E-state index in [0.29, 0.717) is 11.5 Å². The van der Waals surface area contributed by atoms with E-state index in [-0.39, 0.29) is 24.2 Å². The molecule has 20 heavy (non-hydrogen) atoms. The van der Waals surface area contributed by atoms with E-state index in [1.54, 1.807) is 12.1 Å². The molecule has 1 amide bonds. The third-order valence-corrected chi connectivity index (χ3v) is 4.29. The predicted octanol–water partition coefficient (Wildman–Crippen LogP) is 3.20. The van der Waals surface area contributed by atoms with Gasteiger partial charge >= 0.3 is 0 Å². The number of carbonyl (C=O) groups excluding carboxylic acids is 2. The fourth-order valence-electron chi connectivity index (χ4n) is 2.90. The van der Waals surface area contributed by atoms with Gasteiger partial charge in [-0.1, -0.05) is 56.5 Å². The molecule has 0 saturated heterocycles. The van der Waals surface area contributed by atoms with Gasteiger partial charge < -0.3 is 5.32 Å². The molecular formula is C17H23NO2. The first-order valence-corrected chi connectivity index (χ1v) is 7.54. The highest BCUT2D eigenvalue weighted by atomic mass is 16.2. The fraction of sp³-hybridized carbons (Fsp3) is 0.529. The zero-order chi connectivity index (χ0) is 14.4. The van der Waals surface area contributed by atoms with Crippen LogP contribution in [0.1, 0.15) is 49.4 Å². The Morgan fingerprint density at radius 2 is 1.80 bits per heavy atom. The van der Waals surface area contributed by atoms with Crippen molar-refractivity contribution in [1.82, 2.24) is 5.32 Å². The summed E-state index contributed by atoms with van der Waals surface area (Å²) in [6.07, 6.45) is 6.02. The standard InChI is InChI=1S/C17H23NO2/c1-13(14-8-4-2-5-9-14)17(20)18-12-16(19)15-10-6-3-7-11-15/h3,6-7,10-11,13-14H,2,4-5,8-9,12H2,1H3,(H,18,20)/t13-/m0/s1. The number of amides is 1. The molecule has 1 aliphatic carbocycles. The van der Waals surface area contributed by atoms with Crippen molar-refractivity contribution >= 4 is 11.7 Å².